The largest absolute Gasteiger partial charge is 0.507 e. The minimum atomic E-state index is -0.387. The molecule has 0 unspecified atom stereocenters. The summed E-state index contributed by atoms with van der Waals surface area (Å²) in [5, 5.41) is 12.0. The van der Waals surface area contributed by atoms with Crippen LogP contribution in [0.15, 0.2) is 22.7 Å². The van der Waals surface area contributed by atoms with Crippen molar-refractivity contribution in [1.29, 1.82) is 0 Å². The number of phenolic OH excluding ortho intramolecular Hbond substituents is 1. The average molecular weight is 414 g/mol. The molecule has 2 fully saturated rings. The highest BCUT2D eigenvalue weighted by Gasteiger charge is 2.48. The SMILES string of the molecule is CC(C)(C)OC(=O)NC1CC2(CCC2)C1.COc1cccc(O)c1Br. The molecule has 5 nitrogen and oxygen atoms in total. The van der Waals surface area contributed by atoms with Gasteiger partial charge in [0.2, 0.25) is 0 Å². The van der Waals surface area contributed by atoms with E-state index < -0.39 is 0 Å². The van der Waals surface area contributed by atoms with Crippen LogP contribution in [0.25, 0.3) is 0 Å². The fourth-order valence-corrected chi connectivity index (χ4v) is 3.73. The molecule has 0 aromatic heterocycles. The number of carbonyl (C=O) groups excluding carboxylic acids is 1. The van der Waals surface area contributed by atoms with Crippen molar-refractivity contribution in [1.82, 2.24) is 5.32 Å². The number of hydrogen-bond acceptors (Lipinski definition) is 4. The van der Waals surface area contributed by atoms with Crippen LogP contribution in [-0.2, 0) is 4.74 Å². The van der Waals surface area contributed by atoms with Gasteiger partial charge in [-0.15, -0.1) is 0 Å². The van der Waals surface area contributed by atoms with Gasteiger partial charge in [-0.1, -0.05) is 12.5 Å². The summed E-state index contributed by atoms with van der Waals surface area (Å²) in [4.78, 5) is 11.4. The highest BCUT2D eigenvalue weighted by atomic mass is 79.9. The second-order valence-corrected chi connectivity index (χ2v) is 8.69. The molecule has 1 aromatic rings. The number of ether oxygens (including phenoxy) is 2. The van der Waals surface area contributed by atoms with Crippen molar-refractivity contribution in [3.05, 3.63) is 22.7 Å². The van der Waals surface area contributed by atoms with Gasteiger partial charge in [-0.3, -0.25) is 0 Å². The van der Waals surface area contributed by atoms with Gasteiger partial charge in [0.15, 0.2) is 0 Å². The van der Waals surface area contributed by atoms with Crippen LogP contribution in [0.2, 0.25) is 0 Å². The van der Waals surface area contributed by atoms with Crippen LogP contribution < -0.4 is 10.1 Å². The van der Waals surface area contributed by atoms with Gasteiger partial charge in [0, 0.05) is 6.04 Å². The topological polar surface area (TPSA) is 67.8 Å². The molecule has 0 atom stereocenters. The maximum atomic E-state index is 11.4. The lowest BCUT2D eigenvalue weighted by Gasteiger charge is -2.54. The molecule has 0 heterocycles. The molecular formula is C19H28BrNO4. The molecule has 0 radical (unpaired) electrons. The molecule has 0 bridgehead atoms. The maximum absolute atomic E-state index is 11.4. The maximum Gasteiger partial charge on any atom is 0.407 e. The molecule has 6 heteroatoms. The van der Waals surface area contributed by atoms with E-state index in [9.17, 15) is 4.79 Å². The number of amides is 1. The van der Waals surface area contributed by atoms with E-state index in [1.165, 1.54) is 19.3 Å². The van der Waals surface area contributed by atoms with Crippen molar-refractivity contribution >= 4 is 22.0 Å². The Balaban J connectivity index is 0.000000196. The van der Waals surface area contributed by atoms with Crippen LogP contribution >= 0.6 is 15.9 Å². The lowest BCUT2D eigenvalue weighted by molar-refractivity contribution is -0.00993. The molecule has 2 aliphatic rings. The highest BCUT2D eigenvalue weighted by Crippen LogP contribution is 2.55. The summed E-state index contributed by atoms with van der Waals surface area (Å²) in [5.74, 6) is 0.833. The minimum Gasteiger partial charge on any atom is -0.507 e. The van der Waals surface area contributed by atoms with Crippen LogP contribution in [0.4, 0.5) is 4.79 Å². The van der Waals surface area contributed by atoms with E-state index in [4.69, 9.17) is 14.6 Å². The molecule has 2 N–H and O–H groups in total. The summed E-state index contributed by atoms with van der Waals surface area (Å²) in [6, 6.07) is 5.44. The normalized spacial score (nSPS) is 18.3. The summed E-state index contributed by atoms with van der Waals surface area (Å²) in [5.41, 5.74) is 0.224. The van der Waals surface area contributed by atoms with Gasteiger partial charge in [-0.2, -0.15) is 0 Å². The van der Waals surface area contributed by atoms with Crippen molar-refractivity contribution < 1.29 is 19.4 Å². The van der Waals surface area contributed by atoms with Gasteiger partial charge in [0.05, 0.1) is 7.11 Å². The predicted octanol–water partition coefficient (Wildman–Crippen LogP) is 5.01. The first-order chi connectivity index (χ1) is 11.6. The third-order valence-electron chi connectivity index (χ3n) is 4.66. The molecule has 1 amide bonds. The summed E-state index contributed by atoms with van der Waals surface area (Å²) >= 11 is 3.17. The molecule has 0 aliphatic heterocycles. The molecule has 25 heavy (non-hydrogen) atoms. The molecule has 3 rings (SSSR count). The van der Waals surface area contributed by atoms with Crippen molar-refractivity contribution in [2.75, 3.05) is 7.11 Å². The number of alkyl carbamates (subject to hydrolysis) is 1. The lowest BCUT2D eigenvalue weighted by atomic mass is 9.54. The van der Waals surface area contributed by atoms with Gasteiger partial charge < -0.3 is 19.9 Å². The first-order valence-electron chi connectivity index (χ1n) is 8.65. The van der Waals surface area contributed by atoms with Gasteiger partial charge in [0.25, 0.3) is 0 Å². The number of carbonyl (C=O) groups is 1. The fourth-order valence-electron chi connectivity index (χ4n) is 3.30. The second-order valence-electron chi connectivity index (χ2n) is 7.90. The van der Waals surface area contributed by atoms with E-state index in [1.807, 2.05) is 20.8 Å². The Bertz CT molecular complexity index is 600. The van der Waals surface area contributed by atoms with E-state index in [1.54, 1.807) is 25.3 Å². The van der Waals surface area contributed by atoms with Crippen LogP contribution in [-0.4, -0.2) is 30.0 Å². The lowest BCUT2D eigenvalue weighted by Crippen LogP contribution is -2.54. The molecule has 2 aliphatic carbocycles. The Morgan fingerprint density at radius 2 is 1.96 bits per heavy atom. The molecule has 1 aromatic carbocycles. The monoisotopic (exact) mass is 413 g/mol. The number of rotatable bonds is 2. The quantitative estimate of drug-likeness (QED) is 0.714. The van der Waals surface area contributed by atoms with E-state index in [2.05, 4.69) is 21.2 Å². The number of methoxy groups -OCH3 is 1. The van der Waals surface area contributed by atoms with Gasteiger partial charge in [-0.05, 0) is 79.9 Å². The number of aromatic hydroxyl groups is 1. The first kappa shape index (κ1) is 19.9. The first-order valence-corrected chi connectivity index (χ1v) is 9.44. The van der Waals surface area contributed by atoms with Crippen LogP contribution in [0.3, 0.4) is 0 Å². The second kappa shape index (κ2) is 7.85. The van der Waals surface area contributed by atoms with Crippen molar-refractivity contribution in [3.8, 4) is 11.5 Å². The summed E-state index contributed by atoms with van der Waals surface area (Å²) in [6.07, 6.45) is 6.15. The number of nitrogens with one attached hydrogen (secondary N) is 1. The summed E-state index contributed by atoms with van der Waals surface area (Å²) in [7, 11) is 1.56. The van der Waals surface area contributed by atoms with E-state index in [-0.39, 0.29) is 17.4 Å². The zero-order valence-corrected chi connectivity index (χ0v) is 17.0. The van der Waals surface area contributed by atoms with E-state index in [0.717, 1.165) is 12.8 Å². The highest BCUT2D eigenvalue weighted by molar-refractivity contribution is 9.10. The molecule has 140 valence electrons. The molecule has 2 saturated carbocycles. The van der Waals surface area contributed by atoms with Crippen molar-refractivity contribution in [2.45, 2.75) is 64.5 Å². The third kappa shape index (κ3) is 5.53. The smallest absolute Gasteiger partial charge is 0.407 e. The van der Waals surface area contributed by atoms with Crippen LogP contribution in [0.1, 0.15) is 52.9 Å². The number of hydrogen-bond donors (Lipinski definition) is 2. The zero-order valence-electron chi connectivity index (χ0n) is 15.4. The summed E-state index contributed by atoms with van der Waals surface area (Å²) in [6.45, 7) is 5.67. The Morgan fingerprint density at radius 3 is 2.40 bits per heavy atom. The number of phenols is 1. The van der Waals surface area contributed by atoms with Crippen molar-refractivity contribution in [3.63, 3.8) is 0 Å². The standard InChI is InChI=1S/C12H21NO2.C7H7BrO2/c1-11(2,3)15-10(14)13-9-7-12(8-9)5-4-6-12;1-10-6-4-2-3-5(9)7(6)8/h9H,4-8H2,1-3H3,(H,13,14);2-4,9H,1H3. The van der Waals surface area contributed by atoms with Crippen molar-refractivity contribution in [2.24, 2.45) is 5.41 Å². The Labute approximate surface area is 158 Å². The predicted molar refractivity (Wildman–Crippen MR) is 101 cm³/mol. The molecule has 0 saturated heterocycles. The minimum absolute atomic E-state index is 0.194. The Hall–Kier alpha value is -1.43. The molecular weight excluding hydrogens is 386 g/mol. The fraction of sp³-hybridized carbons (Fsp3) is 0.632. The van der Waals surface area contributed by atoms with Gasteiger partial charge in [-0.25, -0.2) is 4.79 Å². The Kier molecular flexibility index (Phi) is 6.25. The van der Waals surface area contributed by atoms with Gasteiger partial charge >= 0.3 is 6.09 Å². The van der Waals surface area contributed by atoms with E-state index in [0.29, 0.717) is 21.7 Å². The van der Waals surface area contributed by atoms with Crippen LogP contribution in [0, 0.1) is 5.41 Å². The van der Waals surface area contributed by atoms with Gasteiger partial charge in [0.1, 0.15) is 21.6 Å². The Morgan fingerprint density at radius 1 is 1.32 bits per heavy atom. The number of halogens is 1. The average Bonchev–Trinajstić information content (AvgIpc) is 2.42. The zero-order chi connectivity index (χ0) is 18.7. The summed E-state index contributed by atoms with van der Waals surface area (Å²) < 4.78 is 10.7. The van der Waals surface area contributed by atoms with Crippen LogP contribution in [0.5, 0.6) is 11.5 Å². The number of benzene rings is 1. The van der Waals surface area contributed by atoms with E-state index >= 15 is 0 Å². The molecule has 1 spiro atoms. The third-order valence-corrected chi connectivity index (χ3v) is 5.45.